The van der Waals surface area contributed by atoms with Crippen LogP contribution < -0.4 is 10.6 Å². The number of nitrogens with one attached hydrogen (secondary N) is 2. The summed E-state index contributed by atoms with van der Waals surface area (Å²) in [5.74, 6) is -0.220. The zero-order chi connectivity index (χ0) is 15.0. The molecule has 0 atom stereocenters. The first-order valence-electron chi connectivity index (χ1n) is 7.13. The van der Waals surface area contributed by atoms with E-state index in [1.54, 1.807) is 4.57 Å². The van der Waals surface area contributed by atoms with Gasteiger partial charge in [-0.25, -0.2) is 8.42 Å². The SMILES string of the molecule is O=C(NC1CC1)c1cc(S(=O)(=O)Cl)cn1C1CCNCC1. The molecule has 2 fully saturated rings. The maximum atomic E-state index is 12.3. The maximum absolute atomic E-state index is 12.3. The molecule has 2 N–H and O–H groups in total. The van der Waals surface area contributed by atoms with E-state index in [2.05, 4.69) is 10.6 Å². The zero-order valence-corrected chi connectivity index (χ0v) is 13.1. The molecule has 0 unspecified atom stereocenters. The van der Waals surface area contributed by atoms with Crippen molar-refractivity contribution in [2.24, 2.45) is 0 Å². The van der Waals surface area contributed by atoms with Crippen molar-refractivity contribution in [2.75, 3.05) is 13.1 Å². The lowest BCUT2D eigenvalue weighted by Gasteiger charge is -2.25. The molecular weight excluding hydrogens is 314 g/mol. The molecule has 0 spiro atoms. The Morgan fingerprint density at radius 1 is 1.29 bits per heavy atom. The van der Waals surface area contributed by atoms with Crippen molar-refractivity contribution in [1.82, 2.24) is 15.2 Å². The van der Waals surface area contributed by atoms with E-state index in [0.717, 1.165) is 38.8 Å². The van der Waals surface area contributed by atoms with Crippen LogP contribution >= 0.6 is 10.7 Å². The summed E-state index contributed by atoms with van der Waals surface area (Å²) in [6.07, 6.45) is 5.18. The van der Waals surface area contributed by atoms with E-state index in [1.165, 1.54) is 12.3 Å². The Hall–Kier alpha value is -1.05. The van der Waals surface area contributed by atoms with Crippen LogP contribution in [0.4, 0.5) is 0 Å². The van der Waals surface area contributed by atoms with E-state index in [4.69, 9.17) is 10.7 Å². The first-order chi connectivity index (χ1) is 9.95. The van der Waals surface area contributed by atoms with Crippen LogP contribution in [0, 0.1) is 0 Å². The first-order valence-corrected chi connectivity index (χ1v) is 9.44. The third kappa shape index (κ3) is 3.41. The Morgan fingerprint density at radius 3 is 2.52 bits per heavy atom. The van der Waals surface area contributed by atoms with Crippen LogP contribution in [0.5, 0.6) is 0 Å². The van der Waals surface area contributed by atoms with E-state index in [1.807, 2.05) is 0 Å². The predicted octanol–water partition coefficient (Wildman–Crippen LogP) is 1.23. The monoisotopic (exact) mass is 331 g/mol. The second-order valence-electron chi connectivity index (χ2n) is 5.64. The Morgan fingerprint density at radius 2 is 1.95 bits per heavy atom. The molecule has 1 aliphatic heterocycles. The molecule has 2 heterocycles. The van der Waals surface area contributed by atoms with Crippen molar-refractivity contribution < 1.29 is 13.2 Å². The third-order valence-electron chi connectivity index (χ3n) is 3.95. The number of carbonyl (C=O) groups is 1. The smallest absolute Gasteiger partial charge is 0.268 e. The summed E-state index contributed by atoms with van der Waals surface area (Å²) in [6.45, 7) is 1.71. The first kappa shape index (κ1) is 14.9. The van der Waals surface area contributed by atoms with E-state index in [-0.39, 0.29) is 22.9 Å². The lowest BCUT2D eigenvalue weighted by molar-refractivity contribution is 0.0938. The second-order valence-corrected chi connectivity index (χ2v) is 8.20. The van der Waals surface area contributed by atoms with Crippen molar-refractivity contribution in [3.05, 3.63) is 18.0 Å². The minimum atomic E-state index is -3.83. The molecule has 1 aromatic heterocycles. The average molecular weight is 332 g/mol. The van der Waals surface area contributed by atoms with Crippen molar-refractivity contribution in [3.63, 3.8) is 0 Å². The molecule has 2 aliphatic rings. The summed E-state index contributed by atoms with van der Waals surface area (Å²) >= 11 is 0. The van der Waals surface area contributed by atoms with E-state index >= 15 is 0 Å². The van der Waals surface area contributed by atoms with Gasteiger partial charge in [-0.1, -0.05) is 0 Å². The highest BCUT2D eigenvalue weighted by Gasteiger charge is 2.29. The van der Waals surface area contributed by atoms with Gasteiger partial charge in [0.2, 0.25) is 0 Å². The van der Waals surface area contributed by atoms with Gasteiger partial charge in [0.15, 0.2) is 0 Å². The van der Waals surface area contributed by atoms with Crippen LogP contribution in [-0.4, -0.2) is 38.0 Å². The molecule has 1 saturated heterocycles. The molecule has 0 radical (unpaired) electrons. The van der Waals surface area contributed by atoms with Gasteiger partial charge in [0.25, 0.3) is 15.0 Å². The largest absolute Gasteiger partial charge is 0.348 e. The number of halogens is 1. The van der Waals surface area contributed by atoms with Crippen molar-refractivity contribution >= 4 is 25.6 Å². The minimum Gasteiger partial charge on any atom is -0.348 e. The number of hydrogen-bond acceptors (Lipinski definition) is 4. The summed E-state index contributed by atoms with van der Waals surface area (Å²) in [7, 11) is 1.59. The molecular formula is C13H18ClN3O3S. The number of nitrogens with zero attached hydrogens (tertiary/aromatic N) is 1. The van der Waals surface area contributed by atoms with Gasteiger partial charge in [-0.15, -0.1) is 0 Å². The van der Waals surface area contributed by atoms with Crippen molar-refractivity contribution in [2.45, 2.75) is 42.7 Å². The summed E-state index contributed by atoms with van der Waals surface area (Å²) in [4.78, 5) is 12.3. The topological polar surface area (TPSA) is 80.2 Å². The fraction of sp³-hybridized carbons (Fsp3) is 0.615. The van der Waals surface area contributed by atoms with Gasteiger partial charge in [-0.2, -0.15) is 0 Å². The minimum absolute atomic E-state index is 0.0105. The van der Waals surface area contributed by atoms with Gasteiger partial charge in [0.1, 0.15) is 10.6 Å². The Bertz CT molecular complexity index is 646. The van der Waals surface area contributed by atoms with Crippen LogP contribution in [0.2, 0.25) is 0 Å². The van der Waals surface area contributed by atoms with Crippen molar-refractivity contribution in [1.29, 1.82) is 0 Å². The van der Waals surface area contributed by atoms with Crippen LogP contribution in [-0.2, 0) is 9.05 Å². The van der Waals surface area contributed by atoms with Gasteiger partial charge in [-0.3, -0.25) is 4.79 Å². The number of rotatable bonds is 4. The summed E-state index contributed by atoms with van der Waals surface area (Å²) in [5.41, 5.74) is 0.382. The number of aromatic nitrogens is 1. The zero-order valence-electron chi connectivity index (χ0n) is 11.5. The van der Waals surface area contributed by atoms with Crippen LogP contribution in [0.25, 0.3) is 0 Å². The normalized spacial score (nSPS) is 20.4. The molecule has 0 aromatic carbocycles. The molecule has 0 bridgehead atoms. The van der Waals surface area contributed by atoms with E-state index in [9.17, 15) is 13.2 Å². The van der Waals surface area contributed by atoms with Crippen molar-refractivity contribution in [3.8, 4) is 0 Å². The third-order valence-corrected chi connectivity index (χ3v) is 5.27. The fourth-order valence-electron chi connectivity index (χ4n) is 2.64. The molecule has 1 aliphatic carbocycles. The predicted molar refractivity (Wildman–Crippen MR) is 79.1 cm³/mol. The average Bonchev–Trinajstić information content (AvgIpc) is 3.12. The lowest BCUT2D eigenvalue weighted by atomic mass is 10.1. The molecule has 21 heavy (non-hydrogen) atoms. The second kappa shape index (κ2) is 5.62. The molecule has 1 saturated carbocycles. The Labute approximate surface area is 128 Å². The lowest BCUT2D eigenvalue weighted by Crippen LogP contribution is -2.33. The summed E-state index contributed by atoms with van der Waals surface area (Å²) < 4.78 is 24.9. The molecule has 116 valence electrons. The van der Waals surface area contributed by atoms with Gasteiger partial charge in [0.05, 0.1) is 0 Å². The molecule has 1 aromatic rings. The van der Waals surface area contributed by atoms with Crippen LogP contribution in [0.1, 0.15) is 42.2 Å². The highest BCUT2D eigenvalue weighted by Crippen LogP contribution is 2.27. The molecule has 6 nitrogen and oxygen atoms in total. The fourth-order valence-corrected chi connectivity index (χ4v) is 3.39. The summed E-state index contributed by atoms with van der Waals surface area (Å²) in [6, 6.07) is 1.73. The van der Waals surface area contributed by atoms with Gasteiger partial charge in [-0.05, 0) is 44.8 Å². The van der Waals surface area contributed by atoms with E-state index < -0.39 is 9.05 Å². The number of hydrogen-bond donors (Lipinski definition) is 2. The summed E-state index contributed by atoms with van der Waals surface area (Å²) in [5, 5.41) is 6.16. The number of amides is 1. The Kier molecular flexibility index (Phi) is 3.98. The standard InChI is InChI=1S/C13H18ClN3O3S/c14-21(19,20)11-7-12(13(18)16-9-1-2-9)17(8-11)10-3-5-15-6-4-10/h7-10,15H,1-6H2,(H,16,18). The Balaban J connectivity index is 1.94. The van der Waals surface area contributed by atoms with Gasteiger partial charge < -0.3 is 15.2 Å². The van der Waals surface area contributed by atoms with Gasteiger partial charge >= 0.3 is 0 Å². The number of piperidine rings is 1. The molecule has 1 amide bonds. The van der Waals surface area contributed by atoms with E-state index in [0.29, 0.717) is 5.69 Å². The quantitative estimate of drug-likeness (QED) is 0.813. The molecule has 3 rings (SSSR count). The van der Waals surface area contributed by atoms with Crippen LogP contribution in [0.15, 0.2) is 17.2 Å². The van der Waals surface area contributed by atoms with Gasteiger partial charge in [0, 0.05) is 29.0 Å². The number of carbonyl (C=O) groups excluding carboxylic acids is 1. The maximum Gasteiger partial charge on any atom is 0.268 e. The molecule has 8 heteroatoms. The highest BCUT2D eigenvalue weighted by atomic mass is 35.7. The highest BCUT2D eigenvalue weighted by molar-refractivity contribution is 8.13. The van der Waals surface area contributed by atoms with Crippen LogP contribution in [0.3, 0.4) is 0 Å².